The highest BCUT2D eigenvalue weighted by Gasteiger charge is 2.38. The molecule has 4 atom stereocenters. The van der Waals surface area contributed by atoms with Crippen LogP contribution in [-0.2, 0) is 12.8 Å². The smallest absolute Gasteiger partial charge is 0.201 e. The Morgan fingerprint density at radius 3 is 1.62 bits per heavy atom. The third kappa shape index (κ3) is 4.24. The van der Waals surface area contributed by atoms with Crippen LogP contribution in [0.3, 0.4) is 0 Å². The zero-order valence-corrected chi connectivity index (χ0v) is 21.6. The number of fused-ring (bicyclic) bond motifs is 2. The molecule has 0 aromatic heterocycles. The highest BCUT2D eigenvalue weighted by atomic mass is 16.5. The van der Waals surface area contributed by atoms with Gasteiger partial charge in [-0.2, -0.15) is 0 Å². The number of rotatable bonds is 3. The van der Waals surface area contributed by atoms with Gasteiger partial charge in [0.1, 0.15) is 0 Å². The van der Waals surface area contributed by atoms with Gasteiger partial charge in [0, 0.05) is 29.5 Å². The highest BCUT2D eigenvalue weighted by Crippen LogP contribution is 2.55. The number of ether oxygens (including phenoxy) is 2. The van der Waals surface area contributed by atoms with Crippen molar-refractivity contribution in [2.45, 2.75) is 37.3 Å². The first-order valence-corrected chi connectivity index (χ1v) is 12.8. The van der Waals surface area contributed by atoms with Crippen LogP contribution in [0.2, 0.25) is 0 Å². The summed E-state index contributed by atoms with van der Waals surface area (Å²) in [6, 6.07) is 10.3. The summed E-state index contributed by atoms with van der Waals surface area (Å²) in [5.41, 5.74) is 1.19. The molecule has 42 heavy (non-hydrogen) atoms. The number of aromatic hydroxyl groups is 8. The fourth-order valence-electron chi connectivity index (χ4n) is 5.50. The van der Waals surface area contributed by atoms with E-state index in [9.17, 15) is 51.1 Å². The minimum absolute atomic E-state index is 0.00847. The second-order valence-electron chi connectivity index (χ2n) is 10.3. The van der Waals surface area contributed by atoms with Gasteiger partial charge in [0.15, 0.2) is 58.2 Å². The Kier molecular flexibility index (Phi) is 6.24. The van der Waals surface area contributed by atoms with Crippen LogP contribution in [-0.4, -0.2) is 63.3 Å². The fraction of sp³-hybridized carbons (Fsp3) is 0.200. The summed E-state index contributed by atoms with van der Waals surface area (Å²) in [4.78, 5) is 0. The number of hydrogen-bond acceptors (Lipinski definition) is 12. The van der Waals surface area contributed by atoms with Crippen LogP contribution in [0.15, 0.2) is 48.5 Å². The molecule has 2 heterocycles. The molecule has 4 aromatic carbocycles. The van der Waals surface area contributed by atoms with Crippen LogP contribution in [0.25, 0.3) is 11.1 Å². The number of benzene rings is 4. The standard InChI is InChI=1S/C30H26O12/c31-17-3-1-11(6-19(17)33)27-22(36)8-13-5-15(24(38)26(40)29(13)41-27)14-9-21(35)25(39)30-16(14)10-23(37)28(42-30)12-2-4-18(32)20(34)7-12/h1-7,9,22-23,27-28,31-40H,8,10H2. The van der Waals surface area contributed by atoms with E-state index in [4.69, 9.17) is 9.47 Å². The van der Waals surface area contributed by atoms with E-state index >= 15 is 0 Å². The van der Waals surface area contributed by atoms with Gasteiger partial charge in [-0.05, 0) is 53.1 Å². The van der Waals surface area contributed by atoms with Gasteiger partial charge in [-0.15, -0.1) is 0 Å². The Balaban J connectivity index is 1.42. The largest absolute Gasteiger partial charge is 0.504 e. The van der Waals surface area contributed by atoms with Crippen LogP contribution >= 0.6 is 0 Å². The number of phenols is 8. The monoisotopic (exact) mass is 578 g/mol. The molecule has 10 N–H and O–H groups in total. The van der Waals surface area contributed by atoms with Crippen LogP contribution in [0, 0.1) is 0 Å². The Morgan fingerprint density at radius 1 is 0.500 bits per heavy atom. The second kappa shape index (κ2) is 9.72. The van der Waals surface area contributed by atoms with Gasteiger partial charge in [0.2, 0.25) is 11.5 Å². The Labute approximate surface area is 237 Å². The molecular weight excluding hydrogens is 552 g/mol. The Hall–Kier alpha value is -5.20. The summed E-state index contributed by atoms with van der Waals surface area (Å²) in [5, 5.41) is 104. The normalized spacial score (nSPS) is 21.1. The van der Waals surface area contributed by atoms with Gasteiger partial charge in [-0.3, -0.25) is 0 Å². The molecule has 2 aliphatic heterocycles. The van der Waals surface area contributed by atoms with E-state index in [2.05, 4.69) is 0 Å². The third-order valence-corrected chi connectivity index (χ3v) is 7.62. The van der Waals surface area contributed by atoms with Gasteiger partial charge in [0.05, 0.1) is 12.2 Å². The summed E-state index contributed by atoms with van der Waals surface area (Å²) in [5.74, 6) is -4.51. The van der Waals surface area contributed by atoms with Crippen molar-refractivity contribution >= 4 is 0 Å². The molecular formula is C30H26O12. The SMILES string of the molecule is Oc1ccc(C2Oc3c(cc(-c4cc(O)c(O)c5c4CC(O)C(c4ccc(O)c(O)c4)O5)c(O)c3O)CC2O)cc1O. The predicted molar refractivity (Wildman–Crippen MR) is 144 cm³/mol. The van der Waals surface area contributed by atoms with Gasteiger partial charge in [0.25, 0.3) is 0 Å². The van der Waals surface area contributed by atoms with Gasteiger partial charge >= 0.3 is 0 Å². The van der Waals surface area contributed by atoms with Gasteiger partial charge in [-0.25, -0.2) is 0 Å². The lowest BCUT2D eigenvalue weighted by molar-refractivity contribution is 0.0185. The molecule has 4 unspecified atom stereocenters. The summed E-state index contributed by atoms with van der Waals surface area (Å²) in [7, 11) is 0. The number of phenolic OH excluding ortho intramolecular Hbond substituents is 8. The minimum atomic E-state index is -1.23. The van der Waals surface area contributed by atoms with Crippen molar-refractivity contribution in [3.05, 3.63) is 70.8 Å². The van der Waals surface area contributed by atoms with Crippen LogP contribution in [0.4, 0.5) is 0 Å². The molecule has 12 heteroatoms. The first kappa shape index (κ1) is 27.0. The van der Waals surface area contributed by atoms with E-state index in [1.165, 1.54) is 42.5 Å². The van der Waals surface area contributed by atoms with Gasteiger partial charge < -0.3 is 60.5 Å². The molecule has 0 saturated heterocycles. The first-order valence-electron chi connectivity index (χ1n) is 12.8. The fourth-order valence-corrected chi connectivity index (χ4v) is 5.50. The summed E-state index contributed by atoms with van der Waals surface area (Å²) < 4.78 is 11.7. The average molecular weight is 579 g/mol. The lowest BCUT2D eigenvalue weighted by atomic mass is 9.86. The Morgan fingerprint density at radius 2 is 1.05 bits per heavy atom. The molecule has 0 fully saturated rings. The predicted octanol–water partition coefficient (Wildman–Crippen LogP) is 3.07. The maximum atomic E-state index is 11.1. The Bertz CT molecular complexity index is 1730. The molecule has 4 aromatic rings. The van der Waals surface area contributed by atoms with Crippen LogP contribution in [0.5, 0.6) is 57.5 Å². The van der Waals surface area contributed by atoms with E-state index in [1.54, 1.807) is 0 Å². The zero-order chi connectivity index (χ0) is 30.0. The van der Waals surface area contributed by atoms with Crippen molar-refractivity contribution in [3.8, 4) is 68.6 Å². The second-order valence-corrected chi connectivity index (χ2v) is 10.3. The van der Waals surface area contributed by atoms with Crippen LogP contribution < -0.4 is 9.47 Å². The molecule has 6 rings (SSSR count). The van der Waals surface area contributed by atoms with Crippen molar-refractivity contribution in [3.63, 3.8) is 0 Å². The summed E-state index contributed by atoms with van der Waals surface area (Å²) >= 11 is 0. The topological polar surface area (TPSA) is 221 Å². The lowest BCUT2D eigenvalue weighted by Crippen LogP contribution is -2.31. The number of aliphatic hydroxyl groups is 2. The summed E-state index contributed by atoms with van der Waals surface area (Å²) in [6.07, 6.45) is -4.74. The number of hydrogen-bond donors (Lipinski definition) is 10. The van der Waals surface area contributed by atoms with E-state index in [0.717, 1.165) is 6.07 Å². The average Bonchev–Trinajstić information content (AvgIpc) is 2.95. The molecule has 218 valence electrons. The zero-order valence-electron chi connectivity index (χ0n) is 21.6. The minimum Gasteiger partial charge on any atom is -0.504 e. The maximum Gasteiger partial charge on any atom is 0.201 e. The molecule has 0 spiro atoms. The van der Waals surface area contributed by atoms with Gasteiger partial charge in [-0.1, -0.05) is 12.1 Å². The quantitative estimate of drug-likeness (QED) is 0.159. The molecule has 0 aliphatic carbocycles. The molecule has 0 amide bonds. The lowest BCUT2D eigenvalue weighted by Gasteiger charge is -2.34. The molecule has 0 saturated carbocycles. The van der Waals surface area contributed by atoms with E-state index < -0.39 is 58.9 Å². The first-order chi connectivity index (χ1) is 19.9. The van der Waals surface area contributed by atoms with E-state index in [-0.39, 0.29) is 58.1 Å². The van der Waals surface area contributed by atoms with Crippen molar-refractivity contribution in [2.75, 3.05) is 0 Å². The third-order valence-electron chi connectivity index (χ3n) is 7.62. The maximum absolute atomic E-state index is 11.1. The number of aliphatic hydroxyl groups excluding tert-OH is 2. The summed E-state index contributed by atoms with van der Waals surface area (Å²) in [6.45, 7) is 0. The molecule has 0 radical (unpaired) electrons. The van der Waals surface area contributed by atoms with E-state index in [1.807, 2.05) is 0 Å². The molecule has 12 nitrogen and oxygen atoms in total. The molecule has 2 aliphatic rings. The highest BCUT2D eigenvalue weighted by molar-refractivity contribution is 5.83. The van der Waals surface area contributed by atoms with E-state index in [0.29, 0.717) is 11.1 Å². The van der Waals surface area contributed by atoms with Crippen molar-refractivity contribution in [2.24, 2.45) is 0 Å². The molecule has 0 bridgehead atoms. The van der Waals surface area contributed by atoms with Crippen molar-refractivity contribution < 1.29 is 60.5 Å². The van der Waals surface area contributed by atoms with Crippen molar-refractivity contribution in [1.29, 1.82) is 0 Å². The van der Waals surface area contributed by atoms with Crippen LogP contribution in [0.1, 0.15) is 34.5 Å². The van der Waals surface area contributed by atoms with Crippen molar-refractivity contribution in [1.82, 2.24) is 0 Å².